The summed E-state index contributed by atoms with van der Waals surface area (Å²) in [5.41, 5.74) is 0.743. The van der Waals surface area contributed by atoms with E-state index in [0.717, 1.165) is 12.8 Å². The molecule has 2 N–H and O–H groups in total. The molecule has 7 heteroatoms. The van der Waals surface area contributed by atoms with E-state index in [9.17, 15) is 13.6 Å². The van der Waals surface area contributed by atoms with Crippen molar-refractivity contribution in [3.63, 3.8) is 0 Å². The quantitative estimate of drug-likeness (QED) is 0.650. The highest BCUT2D eigenvalue weighted by atomic mass is 19.1. The van der Waals surface area contributed by atoms with E-state index in [1.54, 1.807) is 12.1 Å². The first-order valence-corrected chi connectivity index (χ1v) is 8.36. The molecule has 0 aliphatic carbocycles. The van der Waals surface area contributed by atoms with Gasteiger partial charge in [-0.15, -0.1) is 0 Å². The molecular formula is C19H19F2N3O2. The molecule has 5 nitrogen and oxygen atoms in total. The molecule has 1 heterocycles. The first-order chi connectivity index (χ1) is 12.6. The molecule has 136 valence electrons. The van der Waals surface area contributed by atoms with Crippen molar-refractivity contribution < 1.29 is 18.3 Å². The Morgan fingerprint density at radius 1 is 1.15 bits per heavy atom. The van der Waals surface area contributed by atoms with Crippen LogP contribution in [-0.4, -0.2) is 31.1 Å². The molecule has 0 bridgehead atoms. The van der Waals surface area contributed by atoms with E-state index in [4.69, 9.17) is 4.74 Å². The average molecular weight is 359 g/mol. The Morgan fingerprint density at radius 3 is 2.65 bits per heavy atom. The van der Waals surface area contributed by atoms with Gasteiger partial charge < -0.3 is 10.1 Å². The third-order valence-corrected chi connectivity index (χ3v) is 3.90. The number of carbonyl (C=O) groups is 1. The molecule has 3 rings (SSSR count). The third kappa shape index (κ3) is 5.10. The Morgan fingerprint density at radius 2 is 1.96 bits per heavy atom. The Labute approximate surface area is 150 Å². The number of guanidine groups is 1. The molecule has 1 unspecified atom stereocenters. The molecule has 1 amide bonds. The number of benzene rings is 2. The number of carbonyl (C=O) groups excluding carboxylic acids is 1. The van der Waals surface area contributed by atoms with Crippen molar-refractivity contribution in [2.45, 2.75) is 18.9 Å². The van der Waals surface area contributed by atoms with Gasteiger partial charge in [0, 0.05) is 17.9 Å². The normalized spacial score (nSPS) is 17.2. The van der Waals surface area contributed by atoms with Crippen LogP contribution in [0.2, 0.25) is 0 Å². The lowest BCUT2D eigenvalue weighted by Crippen LogP contribution is -2.36. The maximum absolute atomic E-state index is 13.4. The van der Waals surface area contributed by atoms with Crippen molar-refractivity contribution in [2.75, 3.05) is 18.5 Å². The molecular weight excluding hydrogens is 340 g/mol. The largest absolute Gasteiger partial charge is 0.376 e. The Kier molecular flexibility index (Phi) is 5.91. The predicted molar refractivity (Wildman–Crippen MR) is 95.2 cm³/mol. The predicted octanol–water partition coefficient (Wildman–Crippen LogP) is 3.34. The first kappa shape index (κ1) is 18.0. The van der Waals surface area contributed by atoms with E-state index in [1.807, 2.05) is 0 Å². The lowest BCUT2D eigenvalue weighted by molar-refractivity contribution is 0.0975. The minimum Gasteiger partial charge on any atom is -0.376 e. The van der Waals surface area contributed by atoms with Gasteiger partial charge in [-0.3, -0.25) is 10.1 Å². The van der Waals surface area contributed by atoms with E-state index in [2.05, 4.69) is 15.6 Å². The number of hydrogen-bond donors (Lipinski definition) is 2. The topological polar surface area (TPSA) is 62.7 Å². The fraction of sp³-hybridized carbons (Fsp3) is 0.263. The minimum absolute atomic E-state index is 0.00188. The number of hydrogen-bond acceptors (Lipinski definition) is 3. The molecule has 2 aromatic carbocycles. The summed E-state index contributed by atoms with van der Waals surface area (Å²) in [4.78, 5) is 16.7. The standard InChI is InChI=1S/C19H19F2N3O2/c20-14-8-6-13(7-9-14)18(25)24-19(22-12-17-5-2-10-26-17)23-16-4-1-3-15(21)11-16/h1,3-4,6-9,11,17H,2,5,10,12H2,(H2,22,23,24,25). The van der Waals surface area contributed by atoms with Gasteiger partial charge in [-0.05, 0) is 55.3 Å². The van der Waals surface area contributed by atoms with E-state index < -0.39 is 17.5 Å². The lowest BCUT2D eigenvalue weighted by atomic mass is 10.2. The zero-order chi connectivity index (χ0) is 18.4. The molecule has 1 atom stereocenters. The summed E-state index contributed by atoms with van der Waals surface area (Å²) in [6.07, 6.45) is 1.89. The van der Waals surface area contributed by atoms with Gasteiger partial charge in [-0.1, -0.05) is 6.07 Å². The fourth-order valence-corrected chi connectivity index (χ4v) is 2.58. The number of amides is 1. The van der Waals surface area contributed by atoms with Crippen LogP contribution in [0.3, 0.4) is 0 Å². The second-order valence-corrected chi connectivity index (χ2v) is 5.92. The van der Waals surface area contributed by atoms with Gasteiger partial charge in [0.1, 0.15) is 11.6 Å². The third-order valence-electron chi connectivity index (χ3n) is 3.90. The Bertz CT molecular complexity index is 788. The highest BCUT2D eigenvalue weighted by molar-refractivity contribution is 6.09. The van der Waals surface area contributed by atoms with Crippen LogP contribution in [0.25, 0.3) is 0 Å². The number of aliphatic imine (C=N–C) groups is 1. The summed E-state index contributed by atoms with van der Waals surface area (Å²) in [5.74, 6) is -1.09. The Hall–Kier alpha value is -2.80. The average Bonchev–Trinajstić information content (AvgIpc) is 3.14. The van der Waals surface area contributed by atoms with Crippen LogP contribution in [0, 0.1) is 11.6 Å². The van der Waals surface area contributed by atoms with E-state index in [0.29, 0.717) is 18.8 Å². The lowest BCUT2D eigenvalue weighted by Gasteiger charge is -2.13. The number of nitrogens with one attached hydrogen (secondary N) is 2. The molecule has 0 radical (unpaired) electrons. The monoisotopic (exact) mass is 359 g/mol. The zero-order valence-corrected chi connectivity index (χ0v) is 14.0. The molecule has 1 saturated heterocycles. The number of halogens is 2. The summed E-state index contributed by atoms with van der Waals surface area (Å²) in [7, 11) is 0. The van der Waals surface area contributed by atoms with Gasteiger partial charge in [-0.25, -0.2) is 13.8 Å². The van der Waals surface area contributed by atoms with Crippen LogP contribution in [-0.2, 0) is 4.74 Å². The molecule has 1 aliphatic heterocycles. The van der Waals surface area contributed by atoms with Crippen LogP contribution in [0.15, 0.2) is 53.5 Å². The zero-order valence-electron chi connectivity index (χ0n) is 14.0. The van der Waals surface area contributed by atoms with Crippen molar-refractivity contribution in [3.05, 3.63) is 65.7 Å². The highest BCUT2D eigenvalue weighted by Crippen LogP contribution is 2.13. The molecule has 0 saturated carbocycles. The minimum atomic E-state index is -0.444. The maximum atomic E-state index is 13.4. The summed E-state index contributed by atoms with van der Waals surface area (Å²) in [6, 6.07) is 11.0. The van der Waals surface area contributed by atoms with Gasteiger partial charge in [0.05, 0.1) is 12.6 Å². The van der Waals surface area contributed by atoms with Gasteiger partial charge in [0.2, 0.25) is 5.96 Å². The summed E-state index contributed by atoms with van der Waals surface area (Å²) >= 11 is 0. The molecule has 0 aromatic heterocycles. The number of nitrogens with zero attached hydrogens (tertiary/aromatic N) is 1. The van der Waals surface area contributed by atoms with Gasteiger partial charge in [0.25, 0.3) is 5.91 Å². The van der Waals surface area contributed by atoms with Crippen molar-refractivity contribution in [2.24, 2.45) is 4.99 Å². The van der Waals surface area contributed by atoms with Crippen molar-refractivity contribution in [1.29, 1.82) is 0 Å². The van der Waals surface area contributed by atoms with Gasteiger partial charge in [-0.2, -0.15) is 0 Å². The maximum Gasteiger partial charge on any atom is 0.257 e. The first-order valence-electron chi connectivity index (χ1n) is 8.36. The second-order valence-electron chi connectivity index (χ2n) is 5.92. The summed E-state index contributed by atoms with van der Waals surface area (Å²) in [6.45, 7) is 1.08. The molecule has 26 heavy (non-hydrogen) atoms. The van der Waals surface area contributed by atoms with E-state index in [1.165, 1.54) is 36.4 Å². The summed E-state index contributed by atoms with van der Waals surface area (Å²) in [5, 5.41) is 5.55. The smallest absolute Gasteiger partial charge is 0.257 e. The van der Waals surface area contributed by atoms with Crippen LogP contribution in [0.5, 0.6) is 0 Å². The van der Waals surface area contributed by atoms with Crippen LogP contribution >= 0.6 is 0 Å². The van der Waals surface area contributed by atoms with Crippen LogP contribution < -0.4 is 10.6 Å². The molecule has 2 aromatic rings. The Balaban J connectivity index is 1.73. The number of rotatable bonds is 4. The van der Waals surface area contributed by atoms with Crippen LogP contribution in [0.4, 0.5) is 14.5 Å². The molecule has 1 aliphatic rings. The van der Waals surface area contributed by atoms with Crippen molar-refractivity contribution in [3.8, 4) is 0 Å². The van der Waals surface area contributed by atoms with Crippen molar-refractivity contribution in [1.82, 2.24) is 5.32 Å². The number of anilines is 1. The fourth-order valence-electron chi connectivity index (χ4n) is 2.58. The van der Waals surface area contributed by atoms with E-state index in [-0.39, 0.29) is 17.6 Å². The highest BCUT2D eigenvalue weighted by Gasteiger charge is 2.16. The number of ether oxygens (including phenoxy) is 1. The van der Waals surface area contributed by atoms with Crippen LogP contribution in [0.1, 0.15) is 23.2 Å². The molecule has 1 fully saturated rings. The SMILES string of the molecule is O=C(NC(=NCC1CCCO1)Nc1cccc(F)c1)c1ccc(F)cc1. The second kappa shape index (κ2) is 8.53. The summed E-state index contributed by atoms with van der Waals surface area (Å²) < 4.78 is 31.9. The van der Waals surface area contributed by atoms with Gasteiger partial charge >= 0.3 is 0 Å². The van der Waals surface area contributed by atoms with E-state index >= 15 is 0 Å². The molecule has 0 spiro atoms. The van der Waals surface area contributed by atoms with Crippen molar-refractivity contribution >= 4 is 17.6 Å². The van der Waals surface area contributed by atoms with Gasteiger partial charge in [0.15, 0.2) is 0 Å².